The predicted octanol–water partition coefficient (Wildman–Crippen LogP) is 3.77. The van der Waals surface area contributed by atoms with E-state index in [1.165, 1.54) is 6.07 Å². The Morgan fingerprint density at radius 2 is 1.83 bits per heavy atom. The highest BCUT2D eigenvalue weighted by Crippen LogP contribution is 2.27. The molecule has 6 nitrogen and oxygen atoms in total. The van der Waals surface area contributed by atoms with Crippen LogP contribution in [0.25, 0.3) is 0 Å². The molecule has 8 heteroatoms. The number of hydrogen-bond acceptors (Lipinski definition) is 5. The van der Waals surface area contributed by atoms with Gasteiger partial charge in [0.15, 0.2) is 9.84 Å². The maximum Gasteiger partial charge on any atom is 0.293 e. The van der Waals surface area contributed by atoms with Crippen LogP contribution in [0.15, 0.2) is 53.0 Å². The number of hydrogen-bond donors (Lipinski definition) is 1. The van der Waals surface area contributed by atoms with Gasteiger partial charge in [0.2, 0.25) is 0 Å². The summed E-state index contributed by atoms with van der Waals surface area (Å²) in [5.41, 5.74) is 1.09. The molecule has 0 spiro atoms. The molecule has 2 aromatic rings. The summed E-state index contributed by atoms with van der Waals surface area (Å²) >= 11 is 3.19. The van der Waals surface area contributed by atoms with Crippen molar-refractivity contribution in [3.63, 3.8) is 0 Å². The summed E-state index contributed by atoms with van der Waals surface area (Å²) in [6, 6.07) is 13.7. The minimum Gasteiger partial charge on any atom is -0.379 e. The van der Waals surface area contributed by atoms with Gasteiger partial charge in [0.05, 0.1) is 16.4 Å². The fraction of sp³-hybridized carbons (Fsp3) is 0.250. The third kappa shape index (κ3) is 5.61. The number of benzene rings is 2. The summed E-state index contributed by atoms with van der Waals surface area (Å²) < 4.78 is 24.8. The second-order valence-corrected chi connectivity index (χ2v) is 8.38. The molecule has 1 N–H and O–H groups in total. The van der Waals surface area contributed by atoms with E-state index in [-0.39, 0.29) is 17.2 Å². The first-order chi connectivity index (χ1) is 11.4. The quantitative estimate of drug-likeness (QED) is 0.404. The molecule has 0 saturated heterocycles. The van der Waals surface area contributed by atoms with E-state index >= 15 is 0 Å². The molecule has 0 aromatic heterocycles. The van der Waals surface area contributed by atoms with Crippen LogP contribution < -0.4 is 5.32 Å². The number of nitrogens with one attached hydrogen (secondary N) is 1. The molecule has 24 heavy (non-hydrogen) atoms. The number of nitro groups is 1. The number of sulfone groups is 1. The summed E-state index contributed by atoms with van der Waals surface area (Å²) in [4.78, 5) is 10.5. The minimum atomic E-state index is -3.20. The van der Waals surface area contributed by atoms with E-state index in [1.54, 1.807) is 36.4 Å². The molecule has 0 aliphatic rings. The Morgan fingerprint density at radius 1 is 1.12 bits per heavy atom. The molecule has 0 heterocycles. The molecule has 0 fully saturated rings. The van der Waals surface area contributed by atoms with Gasteiger partial charge in [-0.3, -0.25) is 10.1 Å². The Kier molecular flexibility index (Phi) is 6.33. The Labute approximate surface area is 149 Å². The maximum atomic E-state index is 12.1. The number of rotatable bonds is 8. The van der Waals surface area contributed by atoms with Gasteiger partial charge in [-0.1, -0.05) is 46.3 Å². The summed E-state index contributed by atoms with van der Waals surface area (Å²) in [5.74, 6) is 0.0332. The third-order valence-corrected chi connectivity index (χ3v) is 5.51. The van der Waals surface area contributed by atoms with Crippen molar-refractivity contribution in [1.82, 2.24) is 0 Å². The van der Waals surface area contributed by atoms with Crippen LogP contribution in [0.3, 0.4) is 0 Å². The van der Waals surface area contributed by atoms with E-state index in [9.17, 15) is 18.5 Å². The molecule has 0 bridgehead atoms. The Morgan fingerprint density at radius 3 is 2.50 bits per heavy atom. The van der Waals surface area contributed by atoms with E-state index in [2.05, 4.69) is 21.2 Å². The van der Waals surface area contributed by atoms with Crippen LogP contribution in [0.2, 0.25) is 0 Å². The van der Waals surface area contributed by atoms with Crippen LogP contribution in [0.4, 0.5) is 11.4 Å². The van der Waals surface area contributed by atoms with E-state index in [0.717, 1.165) is 5.56 Å². The lowest BCUT2D eigenvalue weighted by molar-refractivity contribution is -0.384. The molecule has 0 unspecified atom stereocenters. The highest BCUT2D eigenvalue weighted by molar-refractivity contribution is 9.10. The Balaban J connectivity index is 1.88. The number of halogens is 1. The van der Waals surface area contributed by atoms with Gasteiger partial charge in [-0.15, -0.1) is 0 Å². The summed E-state index contributed by atoms with van der Waals surface area (Å²) in [6.07, 6.45) is 0.377. The van der Waals surface area contributed by atoms with Crippen molar-refractivity contribution in [2.45, 2.75) is 12.2 Å². The van der Waals surface area contributed by atoms with Crippen molar-refractivity contribution < 1.29 is 13.3 Å². The predicted molar refractivity (Wildman–Crippen MR) is 97.8 cm³/mol. The highest BCUT2D eigenvalue weighted by Gasteiger charge is 2.15. The molecule has 0 aliphatic carbocycles. The van der Waals surface area contributed by atoms with Gasteiger partial charge in [0, 0.05) is 17.1 Å². The van der Waals surface area contributed by atoms with E-state index in [0.29, 0.717) is 23.1 Å². The van der Waals surface area contributed by atoms with Crippen LogP contribution >= 0.6 is 15.9 Å². The van der Waals surface area contributed by atoms with Gasteiger partial charge in [-0.05, 0) is 24.1 Å². The van der Waals surface area contributed by atoms with E-state index in [4.69, 9.17) is 0 Å². The van der Waals surface area contributed by atoms with Crippen LogP contribution in [0.5, 0.6) is 0 Å². The molecular formula is C16H17BrN2O4S. The topological polar surface area (TPSA) is 89.3 Å². The molecule has 0 amide bonds. The Bertz CT molecular complexity index is 810. The summed E-state index contributed by atoms with van der Waals surface area (Å²) in [7, 11) is -3.20. The lowest BCUT2D eigenvalue weighted by atomic mass is 10.2. The second kappa shape index (κ2) is 8.25. The SMILES string of the molecule is O=[N+]([O-])c1cc(Br)ccc1NCCCS(=O)(=O)Cc1ccccc1. The van der Waals surface area contributed by atoms with Crippen LogP contribution in [0.1, 0.15) is 12.0 Å². The normalized spacial score (nSPS) is 11.2. The molecule has 2 aromatic carbocycles. The average Bonchev–Trinajstić information content (AvgIpc) is 2.53. The van der Waals surface area contributed by atoms with Gasteiger partial charge in [-0.2, -0.15) is 0 Å². The molecule has 0 radical (unpaired) electrons. The summed E-state index contributed by atoms with van der Waals surface area (Å²) in [5, 5.41) is 13.9. The van der Waals surface area contributed by atoms with E-state index in [1.807, 2.05) is 6.07 Å². The monoisotopic (exact) mass is 412 g/mol. The second-order valence-electron chi connectivity index (χ2n) is 5.28. The average molecular weight is 413 g/mol. The Hall–Kier alpha value is -1.93. The minimum absolute atomic E-state index is 0.00622. The molecule has 128 valence electrons. The van der Waals surface area contributed by atoms with Crippen molar-refractivity contribution in [1.29, 1.82) is 0 Å². The van der Waals surface area contributed by atoms with Crippen molar-refractivity contribution in [3.05, 3.63) is 68.7 Å². The molecule has 0 aliphatic heterocycles. The first-order valence-electron chi connectivity index (χ1n) is 7.29. The van der Waals surface area contributed by atoms with Crippen molar-refractivity contribution in [2.24, 2.45) is 0 Å². The smallest absolute Gasteiger partial charge is 0.293 e. The summed E-state index contributed by atoms with van der Waals surface area (Å²) in [6.45, 7) is 0.344. The zero-order valence-electron chi connectivity index (χ0n) is 12.8. The molecule has 0 saturated carbocycles. The number of nitro benzene ring substituents is 1. The third-order valence-electron chi connectivity index (χ3n) is 3.33. The van der Waals surface area contributed by atoms with Gasteiger partial charge >= 0.3 is 0 Å². The molecule has 2 rings (SSSR count). The zero-order valence-corrected chi connectivity index (χ0v) is 15.2. The van der Waals surface area contributed by atoms with Gasteiger partial charge < -0.3 is 5.32 Å². The fourth-order valence-electron chi connectivity index (χ4n) is 2.22. The number of nitrogens with zero attached hydrogens (tertiary/aromatic N) is 1. The molecule has 0 atom stereocenters. The van der Waals surface area contributed by atoms with Crippen molar-refractivity contribution >= 4 is 37.1 Å². The maximum absolute atomic E-state index is 12.1. The van der Waals surface area contributed by atoms with Crippen LogP contribution in [-0.2, 0) is 15.6 Å². The van der Waals surface area contributed by atoms with Crippen molar-refractivity contribution in [2.75, 3.05) is 17.6 Å². The van der Waals surface area contributed by atoms with Crippen molar-refractivity contribution in [3.8, 4) is 0 Å². The van der Waals surface area contributed by atoms with Gasteiger partial charge in [-0.25, -0.2) is 8.42 Å². The standard InChI is InChI=1S/C16H17BrN2O4S/c17-14-7-8-15(16(11-14)19(20)21)18-9-4-10-24(22,23)12-13-5-2-1-3-6-13/h1-3,5-8,11,18H,4,9-10,12H2. The lowest BCUT2D eigenvalue weighted by Gasteiger charge is -2.08. The fourth-order valence-corrected chi connectivity index (χ4v) is 4.00. The first-order valence-corrected chi connectivity index (χ1v) is 9.91. The zero-order chi connectivity index (χ0) is 17.6. The largest absolute Gasteiger partial charge is 0.379 e. The lowest BCUT2D eigenvalue weighted by Crippen LogP contribution is -2.13. The van der Waals surface area contributed by atoms with Crippen LogP contribution in [-0.4, -0.2) is 25.6 Å². The highest BCUT2D eigenvalue weighted by atomic mass is 79.9. The first kappa shape index (κ1) is 18.4. The molecular weight excluding hydrogens is 396 g/mol. The van der Waals surface area contributed by atoms with E-state index < -0.39 is 14.8 Å². The van der Waals surface area contributed by atoms with Crippen LogP contribution in [0, 0.1) is 10.1 Å². The number of anilines is 1. The van der Waals surface area contributed by atoms with Gasteiger partial charge in [0.25, 0.3) is 5.69 Å². The van der Waals surface area contributed by atoms with Gasteiger partial charge in [0.1, 0.15) is 5.69 Å².